The van der Waals surface area contributed by atoms with Crippen molar-refractivity contribution in [1.29, 1.82) is 0 Å². The maximum Gasteiger partial charge on any atom is 0.363 e. The molecule has 168 valence electrons. The van der Waals surface area contributed by atoms with E-state index in [2.05, 4.69) is 27.6 Å². The van der Waals surface area contributed by atoms with E-state index in [0.29, 0.717) is 42.8 Å². The van der Waals surface area contributed by atoms with Gasteiger partial charge in [0.05, 0.1) is 26.8 Å². The maximum absolute atomic E-state index is 12.3. The molecule has 10 heteroatoms. The summed E-state index contributed by atoms with van der Waals surface area (Å²) in [5, 5.41) is 0.717. The van der Waals surface area contributed by atoms with Crippen LogP contribution >= 0.6 is 45.8 Å². The van der Waals surface area contributed by atoms with Gasteiger partial charge in [0.15, 0.2) is 23.8 Å². The molecular weight excluding hydrogens is 572 g/mol. The summed E-state index contributed by atoms with van der Waals surface area (Å²) in [6, 6.07) is 8.30. The molecule has 0 spiro atoms. The molecular formula is C22H18Cl2INO6. The molecule has 0 amide bonds. The summed E-state index contributed by atoms with van der Waals surface area (Å²) in [7, 11) is 0. The highest BCUT2D eigenvalue weighted by Gasteiger charge is 2.25. The molecule has 0 atom stereocenters. The number of esters is 2. The fourth-order valence-electron chi connectivity index (χ4n) is 2.73. The van der Waals surface area contributed by atoms with Gasteiger partial charge in [0.2, 0.25) is 5.90 Å². The molecule has 0 saturated carbocycles. The van der Waals surface area contributed by atoms with Gasteiger partial charge in [-0.05, 0) is 78.4 Å². The number of carbonyl (C=O) groups excluding carboxylic acids is 2. The Hall–Kier alpha value is -2.30. The molecule has 0 saturated heterocycles. The van der Waals surface area contributed by atoms with Crippen molar-refractivity contribution in [2.45, 2.75) is 13.8 Å². The zero-order chi connectivity index (χ0) is 23.3. The first-order chi connectivity index (χ1) is 15.3. The summed E-state index contributed by atoms with van der Waals surface area (Å²) in [4.78, 5) is 28.3. The molecule has 2 aromatic rings. The molecule has 32 heavy (non-hydrogen) atoms. The number of aliphatic imine (C=N–C) groups is 1. The minimum atomic E-state index is -0.596. The molecule has 3 rings (SSSR count). The Labute approximate surface area is 208 Å². The first-order valence-electron chi connectivity index (χ1n) is 9.55. The number of benzene rings is 2. The minimum Gasteiger partial charge on any atom is -0.490 e. The Morgan fingerprint density at radius 3 is 2.59 bits per heavy atom. The summed E-state index contributed by atoms with van der Waals surface area (Å²) in [5.41, 5.74) is 1.29. The predicted octanol–water partition coefficient (Wildman–Crippen LogP) is 5.28. The SMILES string of the molecule is CCOC(=O)COc1c(I)cc(/C=C2\N=C(c3ccc(Cl)c(Cl)c3)OC2=O)cc1OCC. The second-order valence-electron chi connectivity index (χ2n) is 6.32. The summed E-state index contributed by atoms with van der Waals surface area (Å²) in [5.74, 6) is -0.0994. The van der Waals surface area contributed by atoms with Crippen molar-refractivity contribution < 1.29 is 28.5 Å². The van der Waals surface area contributed by atoms with Gasteiger partial charge in [0.25, 0.3) is 0 Å². The van der Waals surface area contributed by atoms with Crippen molar-refractivity contribution in [2.75, 3.05) is 19.8 Å². The molecule has 0 bridgehead atoms. The fourth-order valence-corrected chi connectivity index (χ4v) is 3.81. The Balaban J connectivity index is 1.89. The fraction of sp³-hybridized carbons (Fsp3) is 0.227. The van der Waals surface area contributed by atoms with E-state index in [1.54, 1.807) is 43.3 Å². The van der Waals surface area contributed by atoms with Crippen molar-refractivity contribution in [3.05, 3.63) is 60.8 Å². The molecule has 1 aliphatic heterocycles. The monoisotopic (exact) mass is 589 g/mol. The first kappa shape index (κ1) is 24.3. The predicted molar refractivity (Wildman–Crippen MR) is 130 cm³/mol. The van der Waals surface area contributed by atoms with Crippen LogP contribution in [0.3, 0.4) is 0 Å². The molecule has 0 N–H and O–H groups in total. The van der Waals surface area contributed by atoms with Crippen LogP contribution < -0.4 is 9.47 Å². The van der Waals surface area contributed by atoms with Gasteiger partial charge in [-0.25, -0.2) is 14.6 Å². The molecule has 7 nitrogen and oxygen atoms in total. The van der Waals surface area contributed by atoms with E-state index in [1.165, 1.54) is 0 Å². The molecule has 0 unspecified atom stereocenters. The number of hydrogen-bond donors (Lipinski definition) is 0. The third-order valence-electron chi connectivity index (χ3n) is 4.06. The quantitative estimate of drug-likeness (QED) is 0.237. The van der Waals surface area contributed by atoms with Crippen LogP contribution in [0.25, 0.3) is 6.08 Å². The van der Waals surface area contributed by atoms with Gasteiger partial charge in [-0.1, -0.05) is 23.2 Å². The number of halogens is 3. The molecule has 1 aliphatic rings. The highest BCUT2D eigenvalue weighted by Crippen LogP contribution is 2.35. The second kappa shape index (κ2) is 11.0. The molecule has 0 fully saturated rings. The Bertz CT molecular complexity index is 1120. The van der Waals surface area contributed by atoms with E-state index in [0.717, 1.165) is 0 Å². The van der Waals surface area contributed by atoms with Crippen LogP contribution in [0.5, 0.6) is 11.5 Å². The van der Waals surface area contributed by atoms with Gasteiger partial charge in [-0.15, -0.1) is 0 Å². The van der Waals surface area contributed by atoms with Gasteiger partial charge >= 0.3 is 11.9 Å². The molecule has 0 radical (unpaired) electrons. The zero-order valence-corrected chi connectivity index (χ0v) is 20.8. The lowest BCUT2D eigenvalue weighted by atomic mass is 10.1. The van der Waals surface area contributed by atoms with Crippen molar-refractivity contribution in [1.82, 2.24) is 0 Å². The van der Waals surface area contributed by atoms with E-state index in [1.807, 2.05) is 6.92 Å². The number of nitrogens with zero attached hydrogens (tertiary/aromatic N) is 1. The number of hydrogen-bond acceptors (Lipinski definition) is 7. The highest BCUT2D eigenvalue weighted by molar-refractivity contribution is 14.1. The summed E-state index contributed by atoms with van der Waals surface area (Å²) in [6.07, 6.45) is 1.58. The Kier molecular flexibility index (Phi) is 8.38. The van der Waals surface area contributed by atoms with E-state index in [4.69, 9.17) is 42.1 Å². The molecule has 0 aliphatic carbocycles. The molecule has 0 aromatic heterocycles. The summed E-state index contributed by atoms with van der Waals surface area (Å²) in [6.45, 7) is 3.96. The topological polar surface area (TPSA) is 83.4 Å². The van der Waals surface area contributed by atoms with Crippen LogP contribution in [0, 0.1) is 3.57 Å². The van der Waals surface area contributed by atoms with Crippen molar-refractivity contribution >= 4 is 69.7 Å². The van der Waals surface area contributed by atoms with Crippen molar-refractivity contribution in [2.24, 2.45) is 4.99 Å². The van der Waals surface area contributed by atoms with Crippen LogP contribution in [0.4, 0.5) is 0 Å². The smallest absolute Gasteiger partial charge is 0.363 e. The number of rotatable bonds is 8. The largest absolute Gasteiger partial charge is 0.490 e. The summed E-state index contributed by atoms with van der Waals surface area (Å²) >= 11 is 14.0. The van der Waals surface area contributed by atoms with Crippen LogP contribution in [-0.4, -0.2) is 37.7 Å². The van der Waals surface area contributed by atoms with Crippen molar-refractivity contribution in [3.63, 3.8) is 0 Å². The average Bonchev–Trinajstić information content (AvgIpc) is 3.10. The van der Waals surface area contributed by atoms with Gasteiger partial charge in [0, 0.05) is 5.56 Å². The lowest BCUT2D eigenvalue weighted by Gasteiger charge is -2.14. The Morgan fingerprint density at radius 1 is 1.12 bits per heavy atom. The van der Waals surface area contributed by atoms with Crippen LogP contribution in [0.1, 0.15) is 25.0 Å². The van der Waals surface area contributed by atoms with E-state index in [9.17, 15) is 9.59 Å². The highest BCUT2D eigenvalue weighted by atomic mass is 127. The third-order valence-corrected chi connectivity index (χ3v) is 5.60. The Morgan fingerprint density at radius 2 is 1.91 bits per heavy atom. The molecule has 1 heterocycles. The van der Waals surface area contributed by atoms with Crippen LogP contribution in [0.2, 0.25) is 10.0 Å². The normalized spacial score (nSPS) is 14.2. The van der Waals surface area contributed by atoms with Crippen LogP contribution in [0.15, 0.2) is 41.0 Å². The van der Waals surface area contributed by atoms with E-state index >= 15 is 0 Å². The third kappa shape index (κ3) is 5.93. The zero-order valence-electron chi connectivity index (χ0n) is 17.1. The lowest BCUT2D eigenvalue weighted by Crippen LogP contribution is -2.15. The first-order valence-corrected chi connectivity index (χ1v) is 11.4. The summed E-state index contributed by atoms with van der Waals surface area (Å²) < 4.78 is 22.1. The minimum absolute atomic E-state index is 0.115. The van der Waals surface area contributed by atoms with Crippen molar-refractivity contribution in [3.8, 4) is 11.5 Å². The molecule has 2 aromatic carbocycles. The lowest BCUT2D eigenvalue weighted by molar-refractivity contribution is -0.145. The van der Waals surface area contributed by atoms with E-state index < -0.39 is 11.9 Å². The second-order valence-corrected chi connectivity index (χ2v) is 8.30. The van der Waals surface area contributed by atoms with Gasteiger partial charge < -0.3 is 18.9 Å². The van der Waals surface area contributed by atoms with Gasteiger partial charge in [-0.2, -0.15) is 0 Å². The van der Waals surface area contributed by atoms with Gasteiger partial charge in [-0.3, -0.25) is 0 Å². The standard InChI is InChI=1S/C22H18Cl2INO6/c1-3-29-18-9-12(7-16(25)20(18)31-11-19(27)30-4-2)8-17-22(28)32-21(26-17)13-5-6-14(23)15(24)10-13/h5-10H,3-4,11H2,1-2H3/b17-8-. The number of carbonyl (C=O) groups is 2. The average molecular weight is 590 g/mol. The van der Waals surface area contributed by atoms with Crippen LogP contribution in [-0.2, 0) is 19.1 Å². The number of ether oxygens (including phenoxy) is 4. The number of cyclic esters (lactones) is 1. The maximum atomic E-state index is 12.3. The van der Waals surface area contributed by atoms with E-state index in [-0.39, 0.29) is 24.8 Å². The van der Waals surface area contributed by atoms with Gasteiger partial charge in [0.1, 0.15) is 0 Å².